The van der Waals surface area contributed by atoms with E-state index >= 15 is 0 Å². The lowest BCUT2D eigenvalue weighted by atomic mass is 9.90. The van der Waals surface area contributed by atoms with E-state index in [1.54, 1.807) is 0 Å². The number of aliphatic hydroxyl groups excluding tert-OH is 1. The second-order valence-electron chi connectivity index (χ2n) is 14.4. The summed E-state index contributed by atoms with van der Waals surface area (Å²) in [6.07, 6.45) is 14.9. The predicted octanol–water partition coefficient (Wildman–Crippen LogP) is 9.99. The van der Waals surface area contributed by atoms with Crippen molar-refractivity contribution in [2.24, 2.45) is 5.92 Å². The highest BCUT2D eigenvalue weighted by atomic mass is 16.7. The number of rotatable bonds is 23. The minimum Gasteiger partial charge on any atom is -0.392 e. The van der Waals surface area contributed by atoms with Crippen LogP contribution in [0.3, 0.4) is 0 Å². The van der Waals surface area contributed by atoms with Crippen molar-refractivity contribution in [3.8, 4) is 0 Å². The fraction of sp³-hybridized carbons (Fsp3) is 0.568. The Hall–Kier alpha value is -3.23. The number of hydrogen-bond acceptors (Lipinski definition) is 5. The van der Waals surface area contributed by atoms with Gasteiger partial charge in [-0.1, -0.05) is 164 Å². The van der Waals surface area contributed by atoms with Gasteiger partial charge in [0.05, 0.1) is 18.8 Å². The van der Waals surface area contributed by atoms with Gasteiger partial charge in [-0.3, -0.25) is 0 Å². The molecule has 3 aromatic rings. The molecule has 2 amide bonds. The Labute approximate surface area is 308 Å². The van der Waals surface area contributed by atoms with Crippen LogP contribution in [-0.4, -0.2) is 41.8 Å². The summed E-state index contributed by atoms with van der Waals surface area (Å²) < 4.78 is 13.6. The standard InChI is InChI=1S/C44H65N3O4/c1-4-6-8-10-12-17-29-47(30-18-13-11-9-7-5-2)33-41-35(3)42(39-25-23-38(34-48)24-26-39)51-43(50-41)40-27-21-37(22-28-40)32-46-44(49)45-31-36-19-15-14-16-20-36/h14-16,19-28,35,41-43,48H,4-13,17-18,29-34H2,1-3H3,(H2,45,46,49). The van der Waals surface area contributed by atoms with Gasteiger partial charge < -0.3 is 30.1 Å². The minimum absolute atomic E-state index is 0.00102. The second kappa shape index (κ2) is 23.4. The number of unbranched alkanes of at least 4 members (excludes halogenated alkanes) is 10. The molecule has 0 aromatic heterocycles. The Morgan fingerprint density at radius 1 is 0.647 bits per heavy atom. The molecule has 1 aliphatic heterocycles. The molecule has 280 valence electrons. The number of urea groups is 1. The summed E-state index contributed by atoms with van der Waals surface area (Å²) in [5, 5.41) is 15.6. The van der Waals surface area contributed by atoms with Crippen molar-refractivity contribution in [3.05, 3.63) is 107 Å². The summed E-state index contributed by atoms with van der Waals surface area (Å²) in [6, 6.07) is 26.1. The van der Waals surface area contributed by atoms with Gasteiger partial charge in [-0.25, -0.2) is 4.79 Å². The summed E-state index contributed by atoms with van der Waals surface area (Å²) >= 11 is 0. The maximum Gasteiger partial charge on any atom is 0.315 e. The summed E-state index contributed by atoms with van der Waals surface area (Å²) in [5.41, 5.74) is 5.05. The van der Waals surface area contributed by atoms with Crippen LogP contribution in [0.25, 0.3) is 0 Å². The lowest BCUT2D eigenvalue weighted by Crippen LogP contribution is -2.45. The number of ether oxygens (including phenoxy) is 2. The predicted molar refractivity (Wildman–Crippen MR) is 208 cm³/mol. The van der Waals surface area contributed by atoms with Crippen LogP contribution in [0.2, 0.25) is 0 Å². The molecule has 3 N–H and O–H groups in total. The molecule has 0 bridgehead atoms. The van der Waals surface area contributed by atoms with Gasteiger partial charge in [0.2, 0.25) is 0 Å². The molecule has 51 heavy (non-hydrogen) atoms. The van der Waals surface area contributed by atoms with Crippen molar-refractivity contribution in [3.63, 3.8) is 0 Å². The van der Waals surface area contributed by atoms with E-state index in [0.717, 1.165) is 47.5 Å². The summed E-state index contributed by atoms with van der Waals surface area (Å²) in [5.74, 6) is 0.149. The molecular weight excluding hydrogens is 635 g/mol. The van der Waals surface area contributed by atoms with Crippen LogP contribution in [0.5, 0.6) is 0 Å². The molecule has 7 nitrogen and oxygen atoms in total. The molecular formula is C44H65N3O4. The summed E-state index contributed by atoms with van der Waals surface area (Å²) in [7, 11) is 0. The first kappa shape index (κ1) is 40.5. The van der Waals surface area contributed by atoms with E-state index in [4.69, 9.17) is 9.47 Å². The number of hydrogen-bond donors (Lipinski definition) is 3. The zero-order chi connectivity index (χ0) is 36.1. The number of carbonyl (C=O) groups excluding carboxylic acids is 1. The quantitative estimate of drug-likeness (QED) is 0.0859. The van der Waals surface area contributed by atoms with E-state index in [1.807, 2.05) is 54.6 Å². The number of carbonyl (C=O) groups is 1. The Kier molecular flexibility index (Phi) is 18.6. The van der Waals surface area contributed by atoms with Gasteiger partial charge in [0.15, 0.2) is 6.29 Å². The Morgan fingerprint density at radius 3 is 1.73 bits per heavy atom. The first-order chi connectivity index (χ1) is 25.0. The normalized spacial score (nSPS) is 18.9. The first-order valence-corrected chi connectivity index (χ1v) is 19.9. The van der Waals surface area contributed by atoms with Crippen LogP contribution in [0, 0.1) is 5.92 Å². The van der Waals surface area contributed by atoms with Gasteiger partial charge in [-0.05, 0) is 48.2 Å². The fourth-order valence-corrected chi connectivity index (χ4v) is 6.92. The number of amides is 2. The molecule has 1 heterocycles. The Morgan fingerprint density at radius 2 is 1.16 bits per heavy atom. The minimum atomic E-state index is -0.505. The lowest BCUT2D eigenvalue weighted by molar-refractivity contribution is -0.276. The van der Waals surface area contributed by atoms with Gasteiger partial charge in [0.25, 0.3) is 0 Å². The van der Waals surface area contributed by atoms with Crippen molar-refractivity contribution in [1.29, 1.82) is 0 Å². The number of nitrogens with one attached hydrogen (secondary N) is 2. The summed E-state index contributed by atoms with van der Waals surface area (Å²) in [6.45, 7) is 10.9. The molecule has 7 heteroatoms. The molecule has 4 rings (SSSR count). The van der Waals surface area contributed by atoms with Crippen molar-refractivity contribution < 1.29 is 19.4 Å². The largest absolute Gasteiger partial charge is 0.392 e. The van der Waals surface area contributed by atoms with Gasteiger partial charge >= 0.3 is 6.03 Å². The maximum absolute atomic E-state index is 12.4. The molecule has 1 saturated heterocycles. The zero-order valence-corrected chi connectivity index (χ0v) is 31.7. The van der Waals surface area contributed by atoms with Crippen molar-refractivity contribution >= 4 is 6.03 Å². The highest BCUT2D eigenvalue weighted by Gasteiger charge is 2.39. The zero-order valence-electron chi connectivity index (χ0n) is 31.7. The van der Waals surface area contributed by atoms with Crippen molar-refractivity contribution in [1.82, 2.24) is 15.5 Å². The molecule has 0 aliphatic carbocycles. The number of aliphatic hydroxyl groups is 1. The molecule has 1 fully saturated rings. The fourth-order valence-electron chi connectivity index (χ4n) is 6.92. The van der Waals surface area contributed by atoms with E-state index in [0.29, 0.717) is 13.1 Å². The summed E-state index contributed by atoms with van der Waals surface area (Å²) in [4.78, 5) is 15.1. The molecule has 0 spiro atoms. The van der Waals surface area contributed by atoms with Gasteiger partial charge in [0, 0.05) is 31.1 Å². The van der Waals surface area contributed by atoms with Crippen LogP contribution in [-0.2, 0) is 29.2 Å². The van der Waals surface area contributed by atoms with Gasteiger partial charge in [-0.15, -0.1) is 0 Å². The molecule has 1 aliphatic rings. The molecule has 4 atom stereocenters. The second-order valence-corrected chi connectivity index (χ2v) is 14.4. The van der Waals surface area contributed by atoms with Crippen LogP contribution in [0.4, 0.5) is 4.79 Å². The third kappa shape index (κ3) is 14.4. The number of nitrogens with zero attached hydrogens (tertiary/aromatic N) is 1. The third-order valence-corrected chi connectivity index (χ3v) is 10.2. The van der Waals surface area contributed by atoms with Crippen LogP contribution in [0.15, 0.2) is 78.9 Å². The van der Waals surface area contributed by atoms with Crippen molar-refractivity contribution in [2.75, 3.05) is 19.6 Å². The third-order valence-electron chi connectivity index (χ3n) is 10.2. The molecule has 0 saturated carbocycles. The van der Waals surface area contributed by atoms with Crippen molar-refractivity contribution in [2.45, 2.75) is 136 Å². The van der Waals surface area contributed by atoms with E-state index in [2.05, 4.69) is 60.6 Å². The van der Waals surface area contributed by atoms with Crippen LogP contribution in [0.1, 0.15) is 138 Å². The SMILES string of the molecule is CCCCCCCCN(CCCCCCCC)CC1OC(c2ccc(CNC(=O)NCc3ccccc3)cc2)OC(c2ccc(CO)cc2)C1C. The Balaban J connectivity index is 1.42. The van der Waals surface area contributed by atoms with E-state index in [-0.39, 0.29) is 30.8 Å². The Bertz CT molecular complexity index is 1340. The average molecular weight is 700 g/mol. The molecule has 3 aromatic carbocycles. The van der Waals surface area contributed by atoms with E-state index < -0.39 is 6.29 Å². The maximum atomic E-state index is 12.4. The molecule has 4 unspecified atom stereocenters. The van der Waals surface area contributed by atoms with E-state index in [9.17, 15) is 9.90 Å². The van der Waals surface area contributed by atoms with Gasteiger partial charge in [0.1, 0.15) is 0 Å². The first-order valence-electron chi connectivity index (χ1n) is 19.9. The van der Waals surface area contributed by atoms with Gasteiger partial charge in [-0.2, -0.15) is 0 Å². The topological polar surface area (TPSA) is 83.1 Å². The highest BCUT2D eigenvalue weighted by Crippen LogP contribution is 2.42. The lowest BCUT2D eigenvalue weighted by Gasteiger charge is -2.43. The van der Waals surface area contributed by atoms with Crippen LogP contribution < -0.4 is 10.6 Å². The smallest absolute Gasteiger partial charge is 0.315 e. The van der Waals surface area contributed by atoms with Crippen LogP contribution >= 0.6 is 0 Å². The highest BCUT2D eigenvalue weighted by molar-refractivity contribution is 5.73. The number of benzene rings is 3. The molecule has 0 radical (unpaired) electrons. The monoisotopic (exact) mass is 699 g/mol. The van der Waals surface area contributed by atoms with E-state index in [1.165, 1.54) is 77.0 Å². The average Bonchev–Trinajstić information content (AvgIpc) is 3.17.